The third-order valence-electron chi connectivity index (χ3n) is 0.527. The highest BCUT2D eigenvalue weighted by Gasteiger charge is 1.94. The van der Waals surface area contributed by atoms with Gasteiger partial charge >= 0.3 is 6.03 Å². The quantitative estimate of drug-likeness (QED) is 0.420. The number of hydrogen-bond acceptors (Lipinski definition) is 3. The lowest BCUT2D eigenvalue weighted by atomic mass is 10.7. The highest BCUT2D eigenvalue weighted by molar-refractivity contribution is 5.73. The summed E-state index contributed by atoms with van der Waals surface area (Å²) in [7, 11) is 0. The summed E-state index contributed by atoms with van der Waals surface area (Å²) in [6, 6.07) is -0.789. The van der Waals surface area contributed by atoms with Gasteiger partial charge in [-0.05, 0) is 0 Å². The molecular formula is C3H6FN3O2. The number of rotatable bonds is 3. The molecule has 0 unspecified atom stereocenters. The van der Waals surface area contributed by atoms with Gasteiger partial charge in [-0.25, -0.2) is 9.18 Å². The topological polar surface area (TPSA) is 70.6 Å². The molecule has 0 aromatic carbocycles. The minimum Gasteiger partial charge on any atom is -0.334 e. The summed E-state index contributed by atoms with van der Waals surface area (Å²) in [5.41, 5.74) is 1.53. The maximum atomic E-state index is 11.2. The molecule has 0 radical (unpaired) electrons. The van der Waals surface area contributed by atoms with Gasteiger partial charge < -0.3 is 5.32 Å². The Balaban J connectivity index is 3.16. The Hall–Kier alpha value is -1.20. The van der Waals surface area contributed by atoms with Crippen molar-refractivity contribution < 1.29 is 9.18 Å². The number of amides is 2. The van der Waals surface area contributed by atoms with Gasteiger partial charge in [0.2, 0.25) is 0 Å². The molecule has 0 aromatic heterocycles. The average molecular weight is 135 g/mol. The van der Waals surface area contributed by atoms with Crippen LogP contribution >= 0.6 is 0 Å². The molecule has 0 aromatic rings. The number of urea groups is 1. The summed E-state index contributed by atoms with van der Waals surface area (Å²) in [6.07, 6.45) is 0. The molecule has 0 fully saturated rings. The van der Waals surface area contributed by atoms with Gasteiger partial charge in [-0.3, -0.25) is 0 Å². The minimum absolute atomic E-state index is 0.110. The first kappa shape index (κ1) is 7.80. The number of carbonyl (C=O) groups excluding carboxylic acids is 1. The van der Waals surface area contributed by atoms with E-state index in [-0.39, 0.29) is 6.54 Å². The van der Waals surface area contributed by atoms with Gasteiger partial charge in [0.1, 0.15) is 6.67 Å². The van der Waals surface area contributed by atoms with Crippen LogP contribution in [0.2, 0.25) is 0 Å². The van der Waals surface area contributed by atoms with Crippen LogP contribution in [0.1, 0.15) is 0 Å². The molecule has 0 saturated heterocycles. The molecule has 0 bridgehead atoms. The molecule has 0 aliphatic rings. The molecular weight excluding hydrogens is 129 g/mol. The van der Waals surface area contributed by atoms with Crippen molar-refractivity contribution in [3.63, 3.8) is 0 Å². The van der Waals surface area contributed by atoms with E-state index in [4.69, 9.17) is 0 Å². The zero-order valence-electron chi connectivity index (χ0n) is 4.56. The molecule has 0 rings (SSSR count). The standard InChI is InChI=1S/C3H6FN3O2/c4-1-2-5-3(8)6-7-9/h1-2H2,(H2,5,6,8,9). The molecule has 9 heavy (non-hydrogen) atoms. The maximum Gasteiger partial charge on any atom is 0.337 e. The Kier molecular flexibility index (Phi) is 4.29. The third-order valence-corrected chi connectivity index (χ3v) is 0.527. The van der Waals surface area contributed by atoms with E-state index >= 15 is 0 Å². The van der Waals surface area contributed by atoms with Crippen LogP contribution in [-0.2, 0) is 0 Å². The van der Waals surface area contributed by atoms with Gasteiger partial charge in [0.05, 0.1) is 5.29 Å². The third kappa shape index (κ3) is 4.66. The number of halogens is 1. The van der Waals surface area contributed by atoms with E-state index in [0.29, 0.717) is 0 Å². The lowest BCUT2D eigenvalue weighted by Gasteiger charge is -1.95. The second-order valence-corrected chi connectivity index (χ2v) is 1.15. The monoisotopic (exact) mass is 135 g/mol. The first-order valence-electron chi connectivity index (χ1n) is 2.23. The van der Waals surface area contributed by atoms with Crippen molar-refractivity contribution in [3.05, 3.63) is 4.91 Å². The molecule has 0 spiro atoms. The highest BCUT2D eigenvalue weighted by atomic mass is 19.1. The van der Waals surface area contributed by atoms with Gasteiger partial charge in [0.25, 0.3) is 0 Å². The zero-order valence-corrected chi connectivity index (χ0v) is 4.56. The lowest BCUT2D eigenvalue weighted by molar-refractivity contribution is 0.240. The van der Waals surface area contributed by atoms with Crippen LogP contribution in [0, 0.1) is 4.91 Å². The Bertz CT molecular complexity index is 107. The van der Waals surface area contributed by atoms with E-state index in [0.717, 1.165) is 0 Å². The van der Waals surface area contributed by atoms with Crippen LogP contribution in [0.5, 0.6) is 0 Å². The van der Waals surface area contributed by atoms with E-state index in [1.807, 2.05) is 5.32 Å². The first-order valence-corrected chi connectivity index (χ1v) is 2.23. The van der Waals surface area contributed by atoms with Crippen molar-refractivity contribution in [1.82, 2.24) is 10.7 Å². The summed E-state index contributed by atoms with van der Waals surface area (Å²) in [6.45, 7) is -0.770. The van der Waals surface area contributed by atoms with Crippen molar-refractivity contribution in [3.8, 4) is 0 Å². The second-order valence-electron chi connectivity index (χ2n) is 1.15. The average Bonchev–Trinajstić information content (AvgIpc) is 1.85. The molecule has 0 saturated carbocycles. The Morgan fingerprint density at radius 1 is 1.67 bits per heavy atom. The van der Waals surface area contributed by atoms with E-state index in [2.05, 4.69) is 5.29 Å². The predicted molar refractivity (Wildman–Crippen MR) is 28.3 cm³/mol. The predicted octanol–water partition coefficient (Wildman–Crippen LogP) is -0.0635. The Morgan fingerprint density at radius 3 is 2.78 bits per heavy atom. The molecule has 52 valence electrons. The normalized spacial score (nSPS) is 8.11. The number of hydrogen-bond donors (Lipinski definition) is 2. The van der Waals surface area contributed by atoms with E-state index in [1.165, 1.54) is 5.43 Å². The van der Waals surface area contributed by atoms with Crippen LogP contribution in [0.3, 0.4) is 0 Å². The molecule has 6 heteroatoms. The van der Waals surface area contributed by atoms with Gasteiger partial charge in [-0.1, -0.05) is 0 Å². The molecule has 0 atom stereocenters. The Morgan fingerprint density at radius 2 is 2.33 bits per heavy atom. The highest BCUT2D eigenvalue weighted by Crippen LogP contribution is 1.65. The summed E-state index contributed by atoms with van der Waals surface area (Å²) in [5.74, 6) is 0. The molecule has 2 amide bonds. The summed E-state index contributed by atoms with van der Waals surface area (Å²) in [5, 5.41) is 4.07. The number of alkyl halides is 1. The smallest absolute Gasteiger partial charge is 0.334 e. The van der Waals surface area contributed by atoms with Crippen molar-refractivity contribution in [2.45, 2.75) is 0 Å². The van der Waals surface area contributed by atoms with Crippen LogP contribution < -0.4 is 10.7 Å². The molecule has 2 N–H and O–H groups in total. The molecule has 5 nitrogen and oxygen atoms in total. The summed E-state index contributed by atoms with van der Waals surface area (Å²) >= 11 is 0. The number of nitrogens with zero attached hydrogens (tertiary/aromatic N) is 1. The fourth-order valence-electron chi connectivity index (χ4n) is 0.242. The molecule has 0 heterocycles. The Labute approximate surface area is 50.6 Å². The van der Waals surface area contributed by atoms with E-state index in [1.54, 1.807) is 0 Å². The van der Waals surface area contributed by atoms with Crippen LogP contribution in [0.4, 0.5) is 9.18 Å². The van der Waals surface area contributed by atoms with Crippen LogP contribution in [0.25, 0.3) is 0 Å². The lowest BCUT2D eigenvalue weighted by Crippen LogP contribution is -2.33. The summed E-state index contributed by atoms with van der Waals surface area (Å²) < 4.78 is 11.2. The summed E-state index contributed by atoms with van der Waals surface area (Å²) in [4.78, 5) is 19.4. The second kappa shape index (κ2) is 4.95. The number of nitrogens with one attached hydrogen (secondary N) is 2. The van der Waals surface area contributed by atoms with E-state index < -0.39 is 12.7 Å². The van der Waals surface area contributed by atoms with Crippen molar-refractivity contribution in [1.29, 1.82) is 0 Å². The van der Waals surface area contributed by atoms with Gasteiger partial charge in [-0.2, -0.15) is 5.43 Å². The van der Waals surface area contributed by atoms with Gasteiger partial charge in [-0.15, -0.1) is 4.91 Å². The van der Waals surface area contributed by atoms with Crippen molar-refractivity contribution in [2.75, 3.05) is 13.2 Å². The van der Waals surface area contributed by atoms with Crippen LogP contribution in [-0.4, -0.2) is 19.3 Å². The van der Waals surface area contributed by atoms with Crippen molar-refractivity contribution in [2.24, 2.45) is 5.29 Å². The number of nitroso groups, excluding NO2 is 1. The fourth-order valence-corrected chi connectivity index (χ4v) is 0.242. The fraction of sp³-hybridized carbons (Fsp3) is 0.667. The van der Waals surface area contributed by atoms with Gasteiger partial charge in [0.15, 0.2) is 0 Å². The molecule has 0 aliphatic carbocycles. The van der Waals surface area contributed by atoms with Crippen molar-refractivity contribution >= 4 is 6.03 Å². The van der Waals surface area contributed by atoms with E-state index in [9.17, 15) is 14.1 Å². The van der Waals surface area contributed by atoms with Crippen LogP contribution in [0.15, 0.2) is 5.29 Å². The van der Waals surface area contributed by atoms with Gasteiger partial charge in [0, 0.05) is 6.54 Å². The molecule has 0 aliphatic heterocycles. The first-order chi connectivity index (χ1) is 4.31. The SMILES string of the molecule is O=NNC(=O)NCCF. The number of carbonyl (C=O) groups is 1. The zero-order chi connectivity index (χ0) is 7.11. The largest absolute Gasteiger partial charge is 0.337 e. The maximum absolute atomic E-state index is 11.2. The minimum atomic E-state index is -0.789.